The molecule has 0 N–H and O–H groups in total. The normalized spacial score (nSPS) is 11.8. The third kappa shape index (κ3) is 6.46. The van der Waals surface area contributed by atoms with E-state index >= 15 is 0 Å². The van der Waals surface area contributed by atoms with E-state index in [-0.39, 0.29) is 0 Å². The van der Waals surface area contributed by atoms with Crippen molar-refractivity contribution in [3.8, 4) is 11.4 Å². The van der Waals surface area contributed by atoms with Gasteiger partial charge in [-0.3, -0.25) is 0 Å². The van der Waals surface area contributed by atoms with Crippen LogP contribution in [0.5, 0.6) is 0 Å². The zero-order valence-corrected chi connectivity index (χ0v) is 40.4. The molecule has 0 bridgehead atoms. The standard InChI is InChI=1S/C68H44N4S/c1-3-21-47(22-4-1)69(59-31-15-19-45-17-7-9-25-53(45)59)49-33-37-51(38-34-49)71-61-29-13-11-27-57(61)65-63(71)43-41-55-56-42-44-64-66(68(56)73-67(55)65)58-28-12-14-30-62(58)72(64)52-39-35-50(36-40-52)70(48-23-5-2-6-24-48)60-32-16-20-46-18-8-10-26-54(46)60/h1-44H. The van der Waals surface area contributed by atoms with Crippen molar-refractivity contribution in [1.29, 1.82) is 0 Å². The van der Waals surface area contributed by atoms with Crippen molar-refractivity contribution in [2.24, 2.45) is 0 Å². The molecule has 0 spiro atoms. The molecular weight excluding hydrogens is 905 g/mol. The highest BCUT2D eigenvalue weighted by atomic mass is 32.1. The van der Waals surface area contributed by atoms with Gasteiger partial charge in [0.25, 0.3) is 0 Å². The van der Waals surface area contributed by atoms with Gasteiger partial charge in [-0.25, -0.2) is 0 Å². The number of hydrogen-bond donors (Lipinski definition) is 0. The number of benzene rings is 12. The molecule has 15 rings (SSSR count). The van der Waals surface area contributed by atoms with E-state index in [9.17, 15) is 0 Å². The van der Waals surface area contributed by atoms with Crippen LogP contribution >= 0.6 is 11.3 Å². The molecule has 0 fully saturated rings. The van der Waals surface area contributed by atoms with Gasteiger partial charge in [-0.15, -0.1) is 11.3 Å². The van der Waals surface area contributed by atoms with Crippen molar-refractivity contribution < 1.29 is 0 Å². The van der Waals surface area contributed by atoms with Gasteiger partial charge in [0.2, 0.25) is 0 Å². The molecule has 0 amide bonds. The van der Waals surface area contributed by atoms with E-state index in [0.717, 1.165) is 45.5 Å². The Hall–Kier alpha value is -9.42. The largest absolute Gasteiger partial charge is 0.310 e. The Morgan fingerprint density at radius 1 is 0.247 bits per heavy atom. The van der Waals surface area contributed by atoms with E-state index in [1.807, 2.05) is 11.3 Å². The Kier molecular flexibility index (Phi) is 9.41. The molecule has 0 atom stereocenters. The van der Waals surface area contributed by atoms with E-state index in [1.165, 1.54) is 85.3 Å². The predicted octanol–water partition coefficient (Wildman–Crippen LogP) is 19.5. The summed E-state index contributed by atoms with van der Waals surface area (Å²) in [6, 6.07) is 97.3. The number of hydrogen-bond acceptors (Lipinski definition) is 3. The molecule has 0 unspecified atom stereocenters. The van der Waals surface area contributed by atoms with E-state index in [2.05, 4.69) is 286 Å². The Bertz CT molecular complexity index is 4300. The number of rotatable bonds is 8. The van der Waals surface area contributed by atoms with Crippen LogP contribution in [-0.2, 0) is 0 Å². The lowest BCUT2D eigenvalue weighted by Gasteiger charge is -2.27. The van der Waals surface area contributed by atoms with Crippen molar-refractivity contribution in [1.82, 2.24) is 9.13 Å². The van der Waals surface area contributed by atoms with Crippen LogP contribution in [-0.4, -0.2) is 9.13 Å². The SMILES string of the molecule is c1ccc(N(c2ccc(-n3c4ccccc4c4c5sc6c(ccc7c6c6ccccc6n7-c6ccc(N(c7ccccc7)c7cccc8ccccc78)cc6)c5ccc43)cc2)c2cccc3ccccc23)cc1. The summed E-state index contributed by atoms with van der Waals surface area (Å²) in [7, 11) is 0. The van der Waals surface area contributed by atoms with Crippen LogP contribution in [0.15, 0.2) is 267 Å². The van der Waals surface area contributed by atoms with Gasteiger partial charge in [0.05, 0.1) is 33.4 Å². The van der Waals surface area contributed by atoms with E-state index in [4.69, 9.17) is 0 Å². The van der Waals surface area contributed by atoms with E-state index < -0.39 is 0 Å². The van der Waals surface area contributed by atoms with Crippen LogP contribution in [0.3, 0.4) is 0 Å². The molecule has 0 aliphatic heterocycles. The fourth-order valence-corrected chi connectivity index (χ4v) is 13.1. The molecular formula is C68H44N4S. The Balaban J connectivity index is 0.870. The molecule has 5 heteroatoms. The summed E-state index contributed by atoms with van der Waals surface area (Å²) >= 11 is 1.93. The first-order chi connectivity index (χ1) is 36.2. The zero-order valence-electron chi connectivity index (χ0n) is 39.6. The van der Waals surface area contributed by atoms with E-state index in [0.29, 0.717) is 0 Å². The smallest absolute Gasteiger partial charge is 0.0555 e. The molecule has 12 aromatic carbocycles. The van der Waals surface area contributed by atoms with Gasteiger partial charge in [-0.2, -0.15) is 0 Å². The summed E-state index contributed by atoms with van der Waals surface area (Å²) in [6.07, 6.45) is 0. The minimum Gasteiger partial charge on any atom is -0.310 e. The van der Waals surface area contributed by atoms with Crippen molar-refractivity contribution in [3.05, 3.63) is 267 Å². The third-order valence-electron chi connectivity index (χ3n) is 14.9. The Morgan fingerprint density at radius 2 is 0.603 bits per heavy atom. The summed E-state index contributed by atoms with van der Waals surface area (Å²) < 4.78 is 7.53. The number of anilines is 6. The molecule has 15 aromatic rings. The average Bonchev–Trinajstić information content (AvgIpc) is 4.12. The number of nitrogens with zero attached hydrogens (tertiary/aromatic N) is 4. The highest BCUT2D eigenvalue weighted by molar-refractivity contribution is 7.27. The Labute approximate surface area is 425 Å². The van der Waals surface area contributed by atoms with Gasteiger partial charge in [0.15, 0.2) is 0 Å². The molecule has 0 saturated heterocycles. The second kappa shape index (κ2) is 16.6. The topological polar surface area (TPSA) is 16.3 Å². The van der Waals surface area contributed by atoms with Crippen LogP contribution in [0.2, 0.25) is 0 Å². The van der Waals surface area contributed by atoms with Crippen molar-refractivity contribution in [2.45, 2.75) is 0 Å². The molecule has 4 nitrogen and oxygen atoms in total. The summed E-state index contributed by atoms with van der Waals surface area (Å²) in [4.78, 5) is 4.75. The summed E-state index contributed by atoms with van der Waals surface area (Å²) in [5.41, 5.74) is 13.8. The minimum absolute atomic E-state index is 1.10. The highest BCUT2D eigenvalue weighted by Crippen LogP contribution is 2.48. The third-order valence-corrected chi connectivity index (χ3v) is 16.1. The van der Waals surface area contributed by atoms with Gasteiger partial charge >= 0.3 is 0 Å². The summed E-state index contributed by atoms with van der Waals surface area (Å²) in [6.45, 7) is 0. The number of thiophene rings is 1. The average molecular weight is 949 g/mol. The fourth-order valence-electron chi connectivity index (χ4n) is 11.7. The molecule has 0 radical (unpaired) electrons. The van der Waals surface area contributed by atoms with Crippen molar-refractivity contribution in [2.75, 3.05) is 9.80 Å². The second-order valence-electron chi connectivity index (χ2n) is 18.9. The lowest BCUT2D eigenvalue weighted by Crippen LogP contribution is -2.10. The predicted molar refractivity (Wildman–Crippen MR) is 312 cm³/mol. The fraction of sp³-hybridized carbons (Fsp3) is 0. The number of para-hydroxylation sites is 4. The minimum atomic E-state index is 1.10. The highest BCUT2D eigenvalue weighted by Gasteiger charge is 2.23. The van der Waals surface area contributed by atoms with Crippen LogP contribution in [0.4, 0.5) is 34.1 Å². The molecule has 3 aromatic heterocycles. The van der Waals surface area contributed by atoms with Crippen LogP contribution in [0.1, 0.15) is 0 Å². The van der Waals surface area contributed by atoms with Gasteiger partial charge in [-0.1, -0.05) is 158 Å². The lowest BCUT2D eigenvalue weighted by atomic mass is 10.1. The molecule has 3 heterocycles. The van der Waals surface area contributed by atoms with E-state index in [1.54, 1.807) is 0 Å². The van der Waals surface area contributed by atoms with Gasteiger partial charge in [-0.05, 0) is 120 Å². The quantitative estimate of drug-likeness (QED) is 0.151. The summed E-state index contributed by atoms with van der Waals surface area (Å²) in [5.74, 6) is 0. The molecule has 0 saturated carbocycles. The van der Waals surface area contributed by atoms with Gasteiger partial charge < -0.3 is 18.9 Å². The zero-order chi connectivity index (χ0) is 48.0. The molecule has 0 aliphatic rings. The lowest BCUT2D eigenvalue weighted by molar-refractivity contribution is 1.17. The monoisotopic (exact) mass is 948 g/mol. The first-order valence-electron chi connectivity index (χ1n) is 24.9. The number of aromatic nitrogens is 2. The first kappa shape index (κ1) is 41.4. The maximum Gasteiger partial charge on any atom is 0.0555 e. The van der Waals surface area contributed by atoms with Gasteiger partial charge in [0, 0.05) is 86.6 Å². The van der Waals surface area contributed by atoms with Crippen LogP contribution < -0.4 is 9.80 Å². The molecule has 0 aliphatic carbocycles. The second-order valence-corrected chi connectivity index (χ2v) is 19.9. The first-order valence-corrected chi connectivity index (χ1v) is 25.7. The van der Waals surface area contributed by atoms with Crippen LogP contribution in [0, 0.1) is 0 Å². The maximum absolute atomic E-state index is 2.45. The van der Waals surface area contributed by atoms with Crippen molar-refractivity contribution >= 4 is 131 Å². The Morgan fingerprint density at radius 3 is 1.04 bits per heavy atom. The molecule has 342 valence electrons. The van der Waals surface area contributed by atoms with Crippen molar-refractivity contribution in [3.63, 3.8) is 0 Å². The summed E-state index contributed by atoms with van der Waals surface area (Å²) in [5, 5.41) is 12.5. The van der Waals surface area contributed by atoms with Gasteiger partial charge in [0.1, 0.15) is 0 Å². The van der Waals surface area contributed by atoms with Crippen LogP contribution in [0.25, 0.3) is 96.7 Å². The number of fused-ring (bicyclic) bond motifs is 13. The maximum atomic E-state index is 2.45. The molecule has 73 heavy (non-hydrogen) atoms.